The van der Waals surface area contributed by atoms with Gasteiger partial charge in [0.25, 0.3) is 5.56 Å². The Morgan fingerprint density at radius 2 is 1.48 bits per heavy atom. The van der Waals surface area contributed by atoms with Gasteiger partial charge in [-0.15, -0.1) is 0 Å². The third-order valence-electron chi connectivity index (χ3n) is 5.89. The molecule has 0 saturated carbocycles. The second kappa shape index (κ2) is 9.43. The molecule has 3 aromatic rings. The number of piperazine rings is 1. The number of hydrogen-bond donors (Lipinski definition) is 2. The topological polar surface area (TPSA) is 86.0 Å². The molecule has 0 unspecified atom stereocenters. The Morgan fingerprint density at radius 1 is 0.871 bits per heavy atom. The van der Waals surface area contributed by atoms with Crippen molar-refractivity contribution in [2.45, 2.75) is 13.0 Å². The van der Waals surface area contributed by atoms with Crippen molar-refractivity contribution in [2.75, 3.05) is 39.3 Å². The molecule has 1 saturated heterocycles. The molecule has 7 heteroatoms. The summed E-state index contributed by atoms with van der Waals surface area (Å²) in [6.07, 6.45) is 0.751. The van der Waals surface area contributed by atoms with Gasteiger partial charge in [0.05, 0.1) is 11.3 Å². The van der Waals surface area contributed by atoms with Gasteiger partial charge >= 0.3 is 5.97 Å². The van der Waals surface area contributed by atoms with E-state index in [1.165, 1.54) is 0 Å². The van der Waals surface area contributed by atoms with Crippen molar-refractivity contribution < 1.29 is 15.0 Å². The van der Waals surface area contributed by atoms with Gasteiger partial charge in [-0.2, -0.15) is 0 Å². The summed E-state index contributed by atoms with van der Waals surface area (Å²) in [5, 5.41) is 20.1. The largest absolute Gasteiger partial charge is 0.478 e. The Labute approximate surface area is 180 Å². The number of aliphatic hydroxyl groups is 1. The fraction of sp³-hybridized carbons (Fsp3) is 0.333. The van der Waals surface area contributed by atoms with E-state index in [4.69, 9.17) is 5.11 Å². The Bertz CT molecular complexity index is 1120. The molecule has 1 fully saturated rings. The van der Waals surface area contributed by atoms with E-state index < -0.39 is 5.97 Å². The van der Waals surface area contributed by atoms with Crippen LogP contribution in [0.1, 0.15) is 22.5 Å². The number of para-hydroxylation sites is 1. The summed E-state index contributed by atoms with van der Waals surface area (Å²) in [5.41, 5.74) is 1.15. The minimum Gasteiger partial charge on any atom is -0.478 e. The highest BCUT2D eigenvalue weighted by Crippen LogP contribution is 2.24. The summed E-state index contributed by atoms with van der Waals surface area (Å²) < 4.78 is 1.56. The van der Waals surface area contributed by atoms with Crippen molar-refractivity contribution in [2.24, 2.45) is 0 Å². The zero-order chi connectivity index (χ0) is 21.8. The summed E-state index contributed by atoms with van der Waals surface area (Å²) in [6, 6.07) is 16.2. The van der Waals surface area contributed by atoms with Gasteiger partial charge in [-0.25, -0.2) is 4.79 Å². The molecule has 7 nitrogen and oxygen atoms in total. The number of carboxylic acid groups (broad SMARTS) is 1. The van der Waals surface area contributed by atoms with Gasteiger partial charge in [0, 0.05) is 62.3 Å². The lowest BCUT2D eigenvalue weighted by Gasteiger charge is -2.35. The normalized spacial score (nSPS) is 15.4. The second-order valence-electron chi connectivity index (χ2n) is 7.84. The predicted octanol–water partition coefficient (Wildman–Crippen LogP) is 2.19. The maximum atomic E-state index is 13.5. The van der Waals surface area contributed by atoms with Crippen LogP contribution in [0.25, 0.3) is 16.5 Å². The molecule has 0 amide bonds. The van der Waals surface area contributed by atoms with E-state index in [2.05, 4.69) is 9.80 Å². The molecule has 0 spiro atoms. The number of aromatic nitrogens is 1. The first kappa shape index (κ1) is 21.2. The number of nitrogens with zero attached hydrogens (tertiary/aromatic N) is 3. The summed E-state index contributed by atoms with van der Waals surface area (Å²) >= 11 is 0. The lowest BCUT2D eigenvalue weighted by molar-refractivity contribution is 0.0693. The van der Waals surface area contributed by atoms with Crippen LogP contribution in [0.15, 0.2) is 59.4 Å². The minimum absolute atomic E-state index is 0.182. The van der Waals surface area contributed by atoms with Gasteiger partial charge in [-0.05, 0) is 24.6 Å². The van der Waals surface area contributed by atoms with Crippen LogP contribution in [0.2, 0.25) is 0 Å². The standard InChI is InChI=1S/C24H27N3O4/c28-16-6-11-25-12-14-26(15-13-25)17-21-22(24(30)31)19-9-4-5-10-20(19)23(29)27(21)18-7-2-1-3-8-18/h1-5,7-10,28H,6,11-17H2,(H,30,31). The summed E-state index contributed by atoms with van der Waals surface area (Å²) in [5.74, 6) is -1.03. The first-order valence-corrected chi connectivity index (χ1v) is 10.6. The van der Waals surface area contributed by atoms with Crippen molar-refractivity contribution in [3.05, 3.63) is 76.2 Å². The van der Waals surface area contributed by atoms with Gasteiger partial charge in [-0.3, -0.25) is 14.3 Å². The van der Waals surface area contributed by atoms with Crippen LogP contribution in [0, 0.1) is 0 Å². The maximum Gasteiger partial charge on any atom is 0.338 e. The molecular weight excluding hydrogens is 394 g/mol. The number of aromatic carboxylic acids is 1. The van der Waals surface area contributed by atoms with E-state index in [1.807, 2.05) is 30.3 Å². The quantitative estimate of drug-likeness (QED) is 0.608. The first-order chi connectivity index (χ1) is 15.1. The van der Waals surface area contributed by atoms with Gasteiger partial charge in [0.15, 0.2) is 0 Å². The van der Waals surface area contributed by atoms with E-state index >= 15 is 0 Å². The monoisotopic (exact) mass is 421 g/mol. The van der Waals surface area contributed by atoms with Gasteiger partial charge < -0.3 is 15.1 Å². The molecule has 0 aliphatic carbocycles. The highest BCUT2D eigenvalue weighted by molar-refractivity contribution is 6.04. The Hall–Kier alpha value is -3.00. The van der Waals surface area contributed by atoms with Gasteiger partial charge in [0.1, 0.15) is 0 Å². The molecule has 31 heavy (non-hydrogen) atoms. The van der Waals surface area contributed by atoms with Crippen LogP contribution in [0.4, 0.5) is 0 Å². The van der Waals surface area contributed by atoms with Crippen molar-refractivity contribution in [1.29, 1.82) is 0 Å². The molecule has 0 radical (unpaired) electrons. The van der Waals surface area contributed by atoms with Crippen LogP contribution in [0.3, 0.4) is 0 Å². The van der Waals surface area contributed by atoms with E-state index in [-0.39, 0.29) is 17.7 Å². The lowest BCUT2D eigenvalue weighted by atomic mass is 10.0. The van der Waals surface area contributed by atoms with E-state index in [1.54, 1.807) is 28.8 Å². The predicted molar refractivity (Wildman–Crippen MR) is 120 cm³/mol. The molecule has 2 N–H and O–H groups in total. The maximum absolute atomic E-state index is 13.5. The molecule has 2 heterocycles. The SMILES string of the molecule is O=C(O)c1c(CN2CCN(CCCO)CC2)n(-c2ccccc2)c(=O)c2ccccc12. The van der Waals surface area contributed by atoms with Gasteiger partial charge in [0.2, 0.25) is 0 Å². The van der Waals surface area contributed by atoms with Crippen LogP contribution in [-0.4, -0.2) is 69.9 Å². The third kappa shape index (κ3) is 4.39. The molecule has 162 valence electrons. The van der Waals surface area contributed by atoms with E-state index in [0.29, 0.717) is 28.7 Å². The Balaban J connectivity index is 1.79. The Morgan fingerprint density at radius 3 is 2.13 bits per heavy atom. The second-order valence-corrected chi connectivity index (χ2v) is 7.84. The number of hydrogen-bond acceptors (Lipinski definition) is 5. The molecular formula is C24H27N3O4. The van der Waals surface area contributed by atoms with Gasteiger partial charge in [-0.1, -0.05) is 36.4 Å². The molecule has 0 atom stereocenters. The van der Waals surface area contributed by atoms with Crippen LogP contribution in [-0.2, 0) is 6.54 Å². The Kier molecular flexibility index (Phi) is 6.46. The van der Waals surface area contributed by atoms with Crippen LogP contribution in [0.5, 0.6) is 0 Å². The third-order valence-corrected chi connectivity index (χ3v) is 5.89. The number of rotatable bonds is 7. The number of carbonyl (C=O) groups is 1. The molecule has 1 aliphatic heterocycles. The summed E-state index contributed by atoms with van der Waals surface area (Å²) in [4.78, 5) is 30.3. The fourth-order valence-electron chi connectivity index (χ4n) is 4.31. The number of aliphatic hydroxyl groups excluding tert-OH is 1. The molecule has 2 aromatic carbocycles. The number of fused-ring (bicyclic) bond motifs is 1. The highest BCUT2D eigenvalue weighted by atomic mass is 16.4. The summed E-state index contributed by atoms with van der Waals surface area (Å²) in [6.45, 7) is 4.68. The number of carboxylic acids is 1. The summed E-state index contributed by atoms with van der Waals surface area (Å²) in [7, 11) is 0. The average Bonchev–Trinajstić information content (AvgIpc) is 2.79. The zero-order valence-electron chi connectivity index (χ0n) is 17.4. The van der Waals surface area contributed by atoms with Crippen molar-refractivity contribution >= 4 is 16.7 Å². The van der Waals surface area contributed by atoms with Crippen molar-refractivity contribution in [3.8, 4) is 5.69 Å². The highest BCUT2D eigenvalue weighted by Gasteiger charge is 2.25. The molecule has 4 rings (SSSR count). The first-order valence-electron chi connectivity index (χ1n) is 10.6. The van der Waals surface area contributed by atoms with Crippen molar-refractivity contribution in [1.82, 2.24) is 14.4 Å². The van der Waals surface area contributed by atoms with E-state index in [0.717, 1.165) is 39.1 Å². The lowest BCUT2D eigenvalue weighted by Crippen LogP contribution is -2.47. The molecule has 0 bridgehead atoms. The average molecular weight is 421 g/mol. The van der Waals surface area contributed by atoms with E-state index in [9.17, 15) is 14.7 Å². The zero-order valence-corrected chi connectivity index (χ0v) is 17.4. The fourth-order valence-corrected chi connectivity index (χ4v) is 4.31. The molecule has 1 aromatic heterocycles. The number of pyridine rings is 1. The number of benzene rings is 2. The minimum atomic E-state index is -1.03. The van der Waals surface area contributed by atoms with Crippen molar-refractivity contribution in [3.63, 3.8) is 0 Å². The molecule has 1 aliphatic rings. The smallest absolute Gasteiger partial charge is 0.338 e. The van der Waals surface area contributed by atoms with Crippen LogP contribution < -0.4 is 5.56 Å². The van der Waals surface area contributed by atoms with Crippen LogP contribution >= 0.6 is 0 Å².